The van der Waals surface area contributed by atoms with Crippen LogP contribution >= 0.6 is 0 Å². The Morgan fingerprint density at radius 1 is 0.935 bits per heavy atom. The predicted molar refractivity (Wildman–Crippen MR) is 182 cm³/mol. The smallest absolute Gasteiger partial charge is 0.251 e. The summed E-state index contributed by atoms with van der Waals surface area (Å²) in [5.74, 6) is 2.60. The zero-order valence-corrected chi connectivity index (χ0v) is 27.8. The molecule has 46 heavy (non-hydrogen) atoms. The van der Waals surface area contributed by atoms with Gasteiger partial charge in [0.1, 0.15) is 11.9 Å². The molecule has 1 aromatic carbocycles. The van der Waals surface area contributed by atoms with E-state index in [4.69, 9.17) is 9.72 Å². The summed E-state index contributed by atoms with van der Waals surface area (Å²) >= 11 is 0. The highest BCUT2D eigenvalue weighted by Gasteiger charge is 2.39. The molecule has 1 aromatic heterocycles. The van der Waals surface area contributed by atoms with Crippen molar-refractivity contribution in [3.8, 4) is 0 Å². The van der Waals surface area contributed by atoms with E-state index in [-0.39, 0.29) is 29.9 Å². The molecular formula is C36H51N7O3. The number of fused-ring (bicyclic) bond motifs is 1. The molecule has 248 valence electrons. The Labute approximate surface area is 273 Å². The summed E-state index contributed by atoms with van der Waals surface area (Å²) < 4.78 is 5.60. The summed E-state index contributed by atoms with van der Waals surface area (Å²) in [5.41, 5.74) is 3.41. The quantitative estimate of drug-likeness (QED) is 0.440. The number of hydrogen-bond donors (Lipinski definition) is 2. The van der Waals surface area contributed by atoms with Crippen LogP contribution in [-0.2, 0) is 9.53 Å². The topological polar surface area (TPSA) is 93.3 Å². The van der Waals surface area contributed by atoms with E-state index < -0.39 is 0 Å². The lowest BCUT2D eigenvalue weighted by Gasteiger charge is -2.44. The van der Waals surface area contributed by atoms with Crippen molar-refractivity contribution in [2.45, 2.75) is 89.4 Å². The maximum absolute atomic E-state index is 13.3. The number of ether oxygens (including phenoxy) is 1. The number of piperazine rings is 1. The van der Waals surface area contributed by atoms with Gasteiger partial charge in [0.15, 0.2) is 5.82 Å². The Morgan fingerprint density at radius 3 is 2.37 bits per heavy atom. The van der Waals surface area contributed by atoms with Crippen LogP contribution in [-0.4, -0.2) is 104 Å². The van der Waals surface area contributed by atoms with E-state index in [1.165, 1.54) is 45.6 Å². The number of hydrogen-bond acceptors (Lipinski definition) is 8. The van der Waals surface area contributed by atoms with Gasteiger partial charge in [0.2, 0.25) is 5.91 Å². The Hall–Kier alpha value is -3.21. The van der Waals surface area contributed by atoms with Gasteiger partial charge >= 0.3 is 0 Å². The third-order valence-electron chi connectivity index (χ3n) is 11.1. The van der Waals surface area contributed by atoms with Crippen molar-refractivity contribution < 1.29 is 14.3 Å². The van der Waals surface area contributed by atoms with Crippen LogP contribution in [0, 0.1) is 12.8 Å². The zero-order chi connectivity index (χ0) is 31.8. The molecule has 1 atom stereocenters. The standard InChI is InChI=1S/C36H51N7O3/c1-24-22-27(35(44)37-28-7-9-29(10-8-28)42-18-16-41(17-19-42)23-26-4-5-26)6-11-31(24)38-33-13-12-32-34(39-33)43(25(2)36(45)40(32)3)30-14-20-46-21-15-30/h6,11-13,22,25-26,28-30H,4-5,7-10,14-21,23H2,1-3H3,(H,37,44)(H,38,39)/t25-,28?,29?/m1/s1. The van der Waals surface area contributed by atoms with Gasteiger partial charge in [-0.15, -0.1) is 0 Å². The van der Waals surface area contributed by atoms with Crippen molar-refractivity contribution in [3.05, 3.63) is 41.5 Å². The molecule has 10 nitrogen and oxygen atoms in total. The minimum atomic E-state index is -0.287. The van der Waals surface area contributed by atoms with Gasteiger partial charge in [-0.25, -0.2) is 4.98 Å². The van der Waals surface area contributed by atoms with Crippen molar-refractivity contribution in [2.24, 2.45) is 5.92 Å². The molecule has 2 saturated carbocycles. The minimum Gasteiger partial charge on any atom is -0.381 e. The molecule has 0 bridgehead atoms. The largest absolute Gasteiger partial charge is 0.381 e. The predicted octanol–water partition coefficient (Wildman–Crippen LogP) is 4.55. The SMILES string of the molecule is Cc1cc(C(=O)NC2CCC(N3CCN(CC4CC4)CC3)CC2)ccc1Nc1ccc2c(n1)N(C1CCOCC1)[C@H](C)C(=O)N2C. The van der Waals surface area contributed by atoms with Gasteiger partial charge < -0.3 is 30.1 Å². The number of carbonyl (C=O) groups is 2. The molecule has 2 aromatic rings. The first-order valence-corrected chi connectivity index (χ1v) is 17.6. The number of carbonyl (C=O) groups excluding carboxylic acids is 2. The van der Waals surface area contributed by atoms with Crippen molar-refractivity contribution in [3.63, 3.8) is 0 Å². The third kappa shape index (κ3) is 6.75. The average molecular weight is 630 g/mol. The van der Waals surface area contributed by atoms with Crippen LogP contribution in [0.1, 0.15) is 74.2 Å². The fraction of sp³-hybridized carbons (Fsp3) is 0.639. The lowest BCUT2D eigenvalue weighted by molar-refractivity contribution is -0.119. The highest BCUT2D eigenvalue weighted by Crippen LogP contribution is 2.38. The van der Waals surface area contributed by atoms with Gasteiger partial charge in [-0.2, -0.15) is 0 Å². The van der Waals surface area contributed by atoms with Gasteiger partial charge in [-0.3, -0.25) is 14.5 Å². The first kappa shape index (κ1) is 31.4. The summed E-state index contributed by atoms with van der Waals surface area (Å²) in [6.45, 7) is 11.5. The van der Waals surface area contributed by atoms with Gasteiger partial charge in [0, 0.05) is 82.4 Å². The molecule has 0 radical (unpaired) electrons. The van der Waals surface area contributed by atoms with Crippen LogP contribution in [0.25, 0.3) is 0 Å². The fourth-order valence-electron chi connectivity index (χ4n) is 8.03. The maximum atomic E-state index is 13.3. The highest BCUT2D eigenvalue weighted by atomic mass is 16.5. The number of nitrogens with zero attached hydrogens (tertiary/aromatic N) is 5. The molecule has 2 amide bonds. The lowest BCUT2D eigenvalue weighted by Crippen LogP contribution is -2.56. The summed E-state index contributed by atoms with van der Waals surface area (Å²) in [4.78, 5) is 40.6. The number of rotatable bonds is 8. The molecule has 2 N–H and O–H groups in total. The molecule has 4 heterocycles. The van der Waals surface area contributed by atoms with E-state index >= 15 is 0 Å². The highest BCUT2D eigenvalue weighted by molar-refractivity contribution is 6.04. The second-order valence-electron chi connectivity index (χ2n) is 14.3. The number of nitrogens with one attached hydrogen (secondary N) is 2. The number of aryl methyl sites for hydroxylation is 1. The first-order valence-electron chi connectivity index (χ1n) is 17.6. The van der Waals surface area contributed by atoms with Gasteiger partial charge in [-0.1, -0.05) is 0 Å². The van der Waals surface area contributed by atoms with Crippen LogP contribution in [0.5, 0.6) is 0 Å². The van der Waals surface area contributed by atoms with Crippen molar-refractivity contribution >= 4 is 34.8 Å². The Balaban J connectivity index is 0.949. The molecule has 2 saturated heterocycles. The van der Waals surface area contributed by atoms with Crippen molar-refractivity contribution in [2.75, 3.05) is 68.1 Å². The molecule has 0 spiro atoms. The zero-order valence-electron chi connectivity index (χ0n) is 27.8. The maximum Gasteiger partial charge on any atom is 0.251 e. The first-order chi connectivity index (χ1) is 22.3. The van der Waals surface area contributed by atoms with Crippen LogP contribution in [0.3, 0.4) is 0 Å². The molecule has 2 aliphatic carbocycles. The molecule has 4 fully saturated rings. The van der Waals surface area contributed by atoms with Crippen LogP contribution in [0.15, 0.2) is 30.3 Å². The molecular weight excluding hydrogens is 578 g/mol. The van der Waals surface area contributed by atoms with Gasteiger partial charge in [-0.05, 0) is 107 Å². The van der Waals surface area contributed by atoms with Crippen LogP contribution in [0.4, 0.5) is 23.0 Å². The summed E-state index contributed by atoms with van der Waals surface area (Å²) in [7, 11) is 1.82. The third-order valence-corrected chi connectivity index (χ3v) is 11.1. The molecule has 7 rings (SSSR count). The number of likely N-dealkylation sites (N-methyl/N-ethyl adjacent to an activating group) is 1. The number of aromatic nitrogens is 1. The number of pyridine rings is 1. The number of amides is 2. The number of benzene rings is 1. The molecule has 5 aliphatic rings. The summed E-state index contributed by atoms with van der Waals surface area (Å²) in [5, 5.41) is 6.81. The van der Waals surface area contributed by atoms with Gasteiger partial charge in [0.25, 0.3) is 5.91 Å². The van der Waals surface area contributed by atoms with E-state index in [9.17, 15) is 9.59 Å². The molecule has 3 aliphatic heterocycles. The summed E-state index contributed by atoms with van der Waals surface area (Å²) in [6.07, 6.45) is 9.04. The van der Waals surface area contributed by atoms with Crippen molar-refractivity contribution in [1.82, 2.24) is 20.1 Å². The Bertz CT molecular complexity index is 1410. The normalized spacial score (nSPS) is 26.6. The summed E-state index contributed by atoms with van der Waals surface area (Å²) in [6, 6.07) is 10.6. The van der Waals surface area contributed by atoms with E-state index in [0.29, 0.717) is 30.6 Å². The minimum absolute atomic E-state index is 0.00694. The van der Waals surface area contributed by atoms with E-state index in [2.05, 4.69) is 25.3 Å². The monoisotopic (exact) mass is 629 g/mol. The van der Waals surface area contributed by atoms with Crippen LogP contribution < -0.4 is 20.4 Å². The molecule has 10 heteroatoms. The lowest BCUT2D eigenvalue weighted by atomic mass is 9.89. The molecule has 0 unspecified atom stereocenters. The second-order valence-corrected chi connectivity index (χ2v) is 14.3. The Morgan fingerprint density at radius 2 is 1.67 bits per heavy atom. The Kier molecular flexibility index (Phi) is 9.21. The fourth-order valence-corrected chi connectivity index (χ4v) is 8.03. The van der Waals surface area contributed by atoms with Gasteiger partial charge in [0.05, 0.1) is 5.69 Å². The second kappa shape index (κ2) is 13.5. The van der Waals surface area contributed by atoms with E-state index in [1.54, 1.807) is 4.90 Å². The van der Waals surface area contributed by atoms with Crippen LogP contribution in [0.2, 0.25) is 0 Å². The van der Waals surface area contributed by atoms with E-state index in [1.807, 2.05) is 51.2 Å². The average Bonchev–Trinajstić information content (AvgIpc) is 3.90. The van der Waals surface area contributed by atoms with Crippen molar-refractivity contribution in [1.29, 1.82) is 0 Å². The number of anilines is 4. The van der Waals surface area contributed by atoms with E-state index in [0.717, 1.165) is 67.2 Å².